The van der Waals surface area contributed by atoms with Crippen LogP contribution in [0.5, 0.6) is 0 Å². The zero-order chi connectivity index (χ0) is 22.2. The van der Waals surface area contributed by atoms with Crippen LogP contribution in [0, 0.1) is 17.8 Å². The summed E-state index contributed by atoms with van der Waals surface area (Å²) < 4.78 is 6.20. The van der Waals surface area contributed by atoms with Gasteiger partial charge in [0.05, 0.1) is 6.10 Å². The number of hydrogen-bond acceptors (Lipinski definition) is 1. The van der Waals surface area contributed by atoms with Gasteiger partial charge < -0.3 is 4.74 Å². The first-order valence-corrected chi connectivity index (χ1v) is 14.5. The minimum atomic E-state index is 0.558. The van der Waals surface area contributed by atoms with E-state index in [0.717, 1.165) is 30.3 Å². The van der Waals surface area contributed by atoms with Gasteiger partial charge >= 0.3 is 0 Å². The average molecular weight is 439 g/mol. The van der Waals surface area contributed by atoms with Gasteiger partial charge in [0, 0.05) is 6.61 Å². The molecule has 0 saturated heterocycles. The monoisotopic (exact) mass is 438 g/mol. The van der Waals surface area contributed by atoms with E-state index in [9.17, 15) is 0 Å². The fourth-order valence-electron chi connectivity index (χ4n) is 7.08. The van der Waals surface area contributed by atoms with Gasteiger partial charge in [-0.1, -0.05) is 77.0 Å². The van der Waals surface area contributed by atoms with Crippen LogP contribution >= 0.6 is 0 Å². The molecule has 0 N–H and O–H groups in total. The predicted octanol–water partition coefficient (Wildman–Crippen LogP) is 9.02. The van der Waals surface area contributed by atoms with E-state index in [1.54, 1.807) is 16.7 Å². The summed E-state index contributed by atoms with van der Waals surface area (Å²) in [6.07, 6.45) is 24.0. The van der Waals surface area contributed by atoms with Crippen molar-refractivity contribution in [2.75, 3.05) is 6.61 Å². The molecule has 1 aromatic rings. The van der Waals surface area contributed by atoms with Crippen LogP contribution in [0.25, 0.3) is 0 Å². The summed E-state index contributed by atoms with van der Waals surface area (Å²) >= 11 is 0. The number of benzene rings is 1. The van der Waals surface area contributed by atoms with Crippen molar-refractivity contribution in [2.24, 2.45) is 17.8 Å². The Bertz CT molecular complexity index is 679. The molecule has 2 saturated carbocycles. The van der Waals surface area contributed by atoms with Gasteiger partial charge in [0.1, 0.15) is 0 Å². The van der Waals surface area contributed by atoms with E-state index < -0.39 is 0 Å². The highest BCUT2D eigenvalue weighted by Crippen LogP contribution is 2.47. The summed E-state index contributed by atoms with van der Waals surface area (Å²) in [6.45, 7) is 5.55. The SMILES string of the molecule is CCCCCCCC1CCc2cc(C3CCC4CC(OCCCC)CCC4C3)ccc2C1. The Kier molecular flexibility index (Phi) is 9.56. The predicted molar refractivity (Wildman–Crippen MR) is 137 cm³/mol. The van der Waals surface area contributed by atoms with Crippen LogP contribution in [0.2, 0.25) is 0 Å². The molecule has 180 valence electrons. The summed E-state index contributed by atoms with van der Waals surface area (Å²) in [5.41, 5.74) is 5.04. The van der Waals surface area contributed by atoms with Crippen LogP contribution in [0.3, 0.4) is 0 Å². The fourth-order valence-corrected chi connectivity index (χ4v) is 7.08. The van der Waals surface area contributed by atoms with E-state index in [4.69, 9.17) is 4.74 Å². The Balaban J connectivity index is 1.25. The van der Waals surface area contributed by atoms with Crippen LogP contribution in [0.4, 0.5) is 0 Å². The first-order chi connectivity index (χ1) is 15.8. The number of ether oxygens (including phenoxy) is 1. The first-order valence-electron chi connectivity index (χ1n) is 14.5. The minimum Gasteiger partial charge on any atom is -0.378 e. The highest BCUT2D eigenvalue weighted by atomic mass is 16.5. The Morgan fingerprint density at radius 2 is 1.59 bits per heavy atom. The molecule has 0 spiro atoms. The first kappa shape index (κ1) is 24.3. The van der Waals surface area contributed by atoms with Crippen LogP contribution in [0.1, 0.15) is 133 Å². The van der Waals surface area contributed by atoms with Crippen molar-refractivity contribution in [3.8, 4) is 0 Å². The molecular formula is C31H50O. The van der Waals surface area contributed by atoms with Gasteiger partial charge in [-0.25, -0.2) is 0 Å². The second kappa shape index (κ2) is 12.6. The van der Waals surface area contributed by atoms with Crippen LogP contribution < -0.4 is 0 Å². The fraction of sp³-hybridized carbons (Fsp3) is 0.806. The molecular weight excluding hydrogens is 388 g/mol. The van der Waals surface area contributed by atoms with E-state index in [0.29, 0.717) is 6.10 Å². The summed E-state index contributed by atoms with van der Waals surface area (Å²) in [5.74, 6) is 3.64. The quantitative estimate of drug-likeness (QED) is 0.313. The largest absolute Gasteiger partial charge is 0.378 e. The minimum absolute atomic E-state index is 0.558. The maximum absolute atomic E-state index is 6.20. The Labute approximate surface area is 199 Å². The van der Waals surface area contributed by atoms with Gasteiger partial charge in [-0.3, -0.25) is 0 Å². The second-order valence-corrected chi connectivity index (χ2v) is 11.5. The summed E-state index contributed by atoms with van der Waals surface area (Å²) in [7, 11) is 0. The molecule has 4 rings (SSSR count). The molecule has 5 unspecified atom stereocenters. The third-order valence-corrected chi connectivity index (χ3v) is 9.16. The van der Waals surface area contributed by atoms with Gasteiger partial charge in [0.25, 0.3) is 0 Å². The molecule has 32 heavy (non-hydrogen) atoms. The molecule has 0 radical (unpaired) electrons. The third-order valence-electron chi connectivity index (χ3n) is 9.16. The van der Waals surface area contributed by atoms with Crippen molar-refractivity contribution in [2.45, 2.75) is 135 Å². The van der Waals surface area contributed by atoms with Gasteiger partial charge in [-0.2, -0.15) is 0 Å². The smallest absolute Gasteiger partial charge is 0.0578 e. The van der Waals surface area contributed by atoms with Crippen LogP contribution in [-0.2, 0) is 17.6 Å². The van der Waals surface area contributed by atoms with Crippen molar-refractivity contribution < 1.29 is 4.74 Å². The van der Waals surface area contributed by atoms with E-state index in [1.807, 2.05) is 0 Å². The van der Waals surface area contributed by atoms with Gasteiger partial charge in [0.15, 0.2) is 0 Å². The molecule has 1 heteroatoms. The van der Waals surface area contributed by atoms with Gasteiger partial charge in [0.2, 0.25) is 0 Å². The molecule has 1 aromatic carbocycles. The van der Waals surface area contributed by atoms with E-state index in [-0.39, 0.29) is 0 Å². The molecule has 0 heterocycles. The third kappa shape index (κ3) is 6.62. The molecule has 1 nitrogen and oxygen atoms in total. The molecule has 2 fully saturated rings. The topological polar surface area (TPSA) is 9.23 Å². The second-order valence-electron chi connectivity index (χ2n) is 11.5. The van der Waals surface area contributed by atoms with Crippen molar-refractivity contribution in [3.63, 3.8) is 0 Å². The molecule has 0 aromatic heterocycles. The Morgan fingerprint density at radius 3 is 2.47 bits per heavy atom. The van der Waals surface area contributed by atoms with Crippen molar-refractivity contribution in [1.29, 1.82) is 0 Å². The number of aryl methyl sites for hydroxylation is 1. The molecule has 0 bridgehead atoms. The van der Waals surface area contributed by atoms with E-state index >= 15 is 0 Å². The molecule has 0 aliphatic heterocycles. The lowest BCUT2D eigenvalue weighted by molar-refractivity contribution is -0.0159. The van der Waals surface area contributed by atoms with Crippen molar-refractivity contribution >= 4 is 0 Å². The summed E-state index contributed by atoms with van der Waals surface area (Å²) in [5, 5.41) is 0. The Hall–Kier alpha value is -0.820. The Morgan fingerprint density at radius 1 is 0.781 bits per heavy atom. The number of rotatable bonds is 11. The highest BCUT2D eigenvalue weighted by molar-refractivity contribution is 5.36. The van der Waals surface area contributed by atoms with Gasteiger partial charge in [-0.05, 0) is 105 Å². The average Bonchev–Trinajstić information content (AvgIpc) is 2.83. The maximum Gasteiger partial charge on any atom is 0.0578 e. The van der Waals surface area contributed by atoms with Gasteiger partial charge in [-0.15, -0.1) is 0 Å². The lowest BCUT2D eigenvalue weighted by Gasteiger charge is -2.42. The van der Waals surface area contributed by atoms with E-state index in [2.05, 4.69) is 32.0 Å². The summed E-state index contributed by atoms with van der Waals surface area (Å²) in [6, 6.07) is 7.68. The lowest BCUT2D eigenvalue weighted by atomic mass is 9.65. The zero-order valence-corrected chi connectivity index (χ0v) is 21.3. The number of unbranched alkanes of at least 4 members (excludes halogenated alkanes) is 5. The maximum atomic E-state index is 6.20. The molecule has 3 aliphatic rings. The van der Waals surface area contributed by atoms with Crippen LogP contribution in [-0.4, -0.2) is 12.7 Å². The normalized spacial score (nSPS) is 30.0. The van der Waals surface area contributed by atoms with Crippen molar-refractivity contribution in [1.82, 2.24) is 0 Å². The van der Waals surface area contributed by atoms with Crippen molar-refractivity contribution in [3.05, 3.63) is 34.9 Å². The molecule has 3 aliphatic carbocycles. The molecule has 5 atom stereocenters. The molecule has 0 amide bonds. The highest BCUT2D eigenvalue weighted by Gasteiger charge is 2.36. The standard InChI is InChI=1S/C31H50O/c1-3-5-7-8-9-10-24-11-12-26-21-27(14-13-25(26)20-24)28-15-16-30-23-31(32-19-6-4-2)18-17-29(30)22-28/h13-14,21,24,28-31H,3-12,15-20,22-23H2,1-2H3. The lowest BCUT2D eigenvalue weighted by Crippen LogP contribution is -2.34. The summed E-state index contributed by atoms with van der Waals surface area (Å²) in [4.78, 5) is 0. The number of hydrogen-bond donors (Lipinski definition) is 0. The zero-order valence-electron chi connectivity index (χ0n) is 21.3. The van der Waals surface area contributed by atoms with E-state index in [1.165, 1.54) is 109 Å². The van der Waals surface area contributed by atoms with Crippen LogP contribution in [0.15, 0.2) is 18.2 Å². The number of fused-ring (bicyclic) bond motifs is 2.